The van der Waals surface area contributed by atoms with E-state index in [0.29, 0.717) is 17.6 Å². The van der Waals surface area contributed by atoms with Crippen molar-refractivity contribution in [1.82, 2.24) is 9.78 Å². The normalized spacial score (nSPS) is 16.2. The number of hydrogen-bond acceptors (Lipinski definition) is 4. The van der Waals surface area contributed by atoms with Gasteiger partial charge in [0.15, 0.2) is 5.69 Å². The zero-order valence-electron chi connectivity index (χ0n) is 9.86. The Kier molecular flexibility index (Phi) is 2.40. The highest BCUT2D eigenvalue weighted by Gasteiger charge is 2.28. The zero-order valence-corrected chi connectivity index (χ0v) is 9.86. The zero-order chi connectivity index (χ0) is 11.9. The van der Waals surface area contributed by atoms with Crippen LogP contribution in [0.15, 0.2) is 6.07 Å². The van der Waals surface area contributed by atoms with Crippen LogP contribution in [0.3, 0.4) is 0 Å². The van der Waals surface area contributed by atoms with Crippen molar-refractivity contribution in [3.8, 4) is 0 Å². The molecule has 1 heterocycles. The summed E-state index contributed by atoms with van der Waals surface area (Å²) in [7, 11) is 0. The van der Waals surface area contributed by atoms with E-state index < -0.39 is 11.6 Å². The van der Waals surface area contributed by atoms with Crippen LogP contribution in [-0.2, 0) is 4.74 Å². The van der Waals surface area contributed by atoms with E-state index in [0.717, 1.165) is 12.8 Å². The fraction of sp³-hybridized carbons (Fsp3) is 0.636. The van der Waals surface area contributed by atoms with Gasteiger partial charge in [-0.3, -0.25) is 0 Å². The monoisotopic (exact) mass is 223 g/mol. The molecule has 1 fully saturated rings. The number of carbonyl (C=O) groups excluding carboxylic acids is 1. The molecule has 88 valence electrons. The third-order valence-corrected chi connectivity index (χ3v) is 2.27. The molecule has 16 heavy (non-hydrogen) atoms. The second-order valence-corrected chi connectivity index (χ2v) is 5.13. The lowest BCUT2D eigenvalue weighted by atomic mass is 10.2. The average molecular weight is 223 g/mol. The summed E-state index contributed by atoms with van der Waals surface area (Å²) in [5.41, 5.74) is 5.56. The molecule has 1 aromatic heterocycles. The standard InChI is InChI=1S/C11H17N3O2/c1-11(2,3)16-10(15)8-6-9(12)14(13-8)7-4-5-7/h6-7H,4-5,12H2,1-3H3. The highest BCUT2D eigenvalue weighted by molar-refractivity contribution is 5.88. The van der Waals surface area contributed by atoms with Gasteiger partial charge in [0.2, 0.25) is 0 Å². The van der Waals surface area contributed by atoms with Gasteiger partial charge in [0, 0.05) is 6.07 Å². The van der Waals surface area contributed by atoms with E-state index in [2.05, 4.69) is 5.10 Å². The van der Waals surface area contributed by atoms with E-state index in [9.17, 15) is 4.79 Å². The van der Waals surface area contributed by atoms with Crippen molar-refractivity contribution in [3.05, 3.63) is 11.8 Å². The minimum Gasteiger partial charge on any atom is -0.455 e. The molecule has 0 atom stereocenters. The summed E-state index contributed by atoms with van der Waals surface area (Å²) in [5, 5.41) is 4.17. The van der Waals surface area contributed by atoms with E-state index in [4.69, 9.17) is 10.5 Å². The van der Waals surface area contributed by atoms with Gasteiger partial charge in [0.1, 0.15) is 11.4 Å². The van der Waals surface area contributed by atoms with Crippen molar-refractivity contribution < 1.29 is 9.53 Å². The number of aromatic nitrogens is 2. The maximum absolute atomic E-state index is 11.7. The number of ether oxygens (including phenoxy) is 1. The molecular formula is C11H17N3O2. The van der Waals surface area contributed by atoms with Gasteiger partial charge >= 0.3 is 5.97 Å². The minimum atomic E-state index is -0.505. The van der Waals surface area contributed by atoms with E-state index in [1.54, 1.807) is 10.7 Å². The van der Waals surface area contributed by atoms with Gasteiger partial charge < -0.3 is 10.5 Å². The Hall–Kier alpha value is -1.52. The smallest absolute Gasteiger partial charge is 0.359 e. The molecule has 5 nitrogen and oxygen atoms in total. The summed E-state index contributed by atoms with van der Waals surface area (Å²) in [6.45, 7) is 5.48. The van der Waals surface area contributed by atoms with Crippen LogP contribution >= 0.6 is 0 Å². The van der Waals surface area contributed by atoms with Gasteiger partial charge in [0.05, 0.1) is 6.04 Å². The first-order valence-electron chi connectivity index (χ1n) is 5.45. The Morgan fingerprint density at radius 3 is 2.69 bits per heavy atom. The second kappa shape index (κ2) is 3.50. The van der Waals surface area contributed by atoms with Gasteiger partial charge in [-0.2, -0.15) is 5.10 Å². The number of rotatable bonds is 2. The summed E-state index contributed by atoms with van der Waals surface area (Å²) in [4.78, 5) is 11.7. The quantitative estimate of drug-likeness (QED) is 0.775. The molecule has 0 aliphatic heterocycles. The summed E-state index contributed by atoms with van der Waals surface area (Å²) >= 11 is 0. The van der Waals surface area contributed by atoms with Crippen molar-refractivity contribution in [2.24, 2.45) is 0 Å². The molecule has 2 N–H and O–H groups in total. The van der Waals surface area contributed by atoms with Gasteiger partial charge in [-0.1, -0.05) is 0 Å². The molecule has 1 aromatic rings. The van der Waals surface area contributed by atoms with E-state index in [1.807, 2.05) is 20.8 Å². The molecule has 0 aromatic carbocycles. The van der Waals surface area contributed by atoms with Crippen LogP contribution in [0.5, 0.6) is 0 Å². The van der Waals surface area contributed by atoms with Crippen molar-refractivity contribution in [3.63, 3.8) is 0 Å². The van der Waals surface area contributed by atoms with Crippen LogP contribution in [0.25, 0.3) is 0 Å². The summed E-state index contributed by atoms with van der Waals surface area (Å²) in [5.74, 6) is 0.113. The lowest BCUT2D eigenvalue weighted by Gasteiger charge is -2.18. The Morgan fingerprint density at radius 1 is 1.56 bits per heavy atom. The first-order valence-corrected chi connectivity index (χ1v) is 5.45. The minimum absolute atomic E-state index is 0.291. The van der Waals surface area contributed by atoms with Crippen LogP contribution in [0.1, 0.15) is 50.1 Å². The number of nitrogens with two attached hydrogens (primary N) is 1. The Morgan fingerprint density at radius 2 is 2.19 bits per heavy atom. The molecule has 1 aliphatic carbocycles. The molecule has 1 aliphatic rings. The van der Waals surface area contributed by atoms with Crippen molar-refractivity contribution in [2.45, 2.75) is 45.3 Å². The first kappa shape index (κ1) is 11.0. The Bertz CT molecular complexity index is 413. The van der Waals surface area contributed by atoms with E-state index in [-0.39, 0.29) is 0 Å². The lowest BCUT2D eigenvalue weighted by Crippen LogP contribution is -2.24. The van der Waals surface area contributed by atoms with Gasteiger partial charge in [-0.15, -0.1) is 0 Å². The lowest BCUT2D eigenvalue weighted by molar-refractivity contribution is 0.00619. The van der Waals surface area contributed by atoms with Gasteiger partial charge in [0.25, 0.3) is 0 Å². The molecule has 0 amide bonds. The van der Waals surface area contributed by atoms with Crippen molar-refractivity contribution in [1.29, 1.82) is 0 Å². The molecule has 0 saturated heterocycles. The van der Waals surface area contributed by atoms with Gasteiger partial charge in [-0.25, -0.2) is 9.48 Å². The van der Waals surface area contributed by atoms with E-state index in [1.165, 1.54) is 0 Å². The summed E-state index contributed by atoms with van der Waals surface area (Å²) in [6, 6.07) is 1.95. The molecule has 2 rings (SSSR count). The highest BCUT2D eigenvalue weighted by atomic mass is 16.6. The molecule has 0 unspecified atom stereocenters. The summed E-state index contributed by atoms with van der Waals surface area (Å²) < 4.78 is 6.93. The highest BCUT2D eigenvalue weighted by Crippen LogP contribution is 2.36. The maximum atomic E-state index is 11.7. The van der Waals surface area contributed by atoms with Crippen LogP contribution in [0.4, 0.5) is 5.82 Å². The molecule has 0 bridgehead atoms. The first-order chi connectivity index (χ1) is 7.37. The van der Waals surface area contributed by atoms with Crippen LogP contribution in [-0.4, -0.2) is 21.4 Å². The number of nitrogen functional groups attached to an aromatic ring is 1. The van der Waals surface area contributed by atoms with Crippen molar-refractivity contribution in [2.75, 3.05) is 5.73 Å². The van der Waals surface area contributed by atoms with Crippen LogP contribution < -0.4 is 5.73 Å². The fourth-order valence-corrected chi connectivity index (χ4v) is 1.45. The third kappa shape index (κ3) is 2.35. The Balaban J connectivity index is 2.14. The molecular weight excluding hydrogens is 206 g/mol. The van der Waals surface area contributed by atoms with Crippen LogP contribution in [0.2, 0.25) is 0 Å². The number of anilines is 1. The fourth-order valence-electron chi connectivity index (χ4n) is 1.45. The van der Waals surface area contributed by atoms with Crippen molar-refractivity contribution >= 4 is 11.8 Å². The van der Waals surface area contributed by atoms with Crippen LogP contribution in [0, 0.1) is 0 Å². The molecule has 0 radical (unpaired) electrons. The predicted molar refractivity (Wildman–Crippen MR) is 60.1 cm³/mol. The predicted octanol–water partition coefficient (Wildman–Crippen LogP) is 1.76. The van der Waals surface area contributed by atoms with E-state index >= 15 is 0 Å². The molecule has 1 saturated carbocycles. The maximum Gasteiger partial charge on any atom is 0.359 e. The third-order valence-electron chi connectivity index (χ3n) is 2.27. The number of hydrogen-bond donors (Lipinski definition) is 1. The number of esters is 1. The second-order valence-electron chi connectivity index (χ2n) is 5.13. The topological polar surface area (TPSA) is 70.1 Å². The molecule has 5 heteroatoms. The molecule has 0 spiro atoms. The largest absolute Gasteiger partial charge is 0.455 e. The SMILES string of the molecule is CC(C)(C)OC(=O)c1cc(N)n(C2CC2)n1. The summed E-state index contributed by atoms with van der Waals surface area (Å²) in [6.07, 6.45) is 2.17. The Labute approximate surface area is 94.6 Å². The number of carbonyl (C=O) groups is 1. The average Bonchev–Trinajstić information content (AvgIpc) is 2.87. The van der Waals surface area contributed by atoms with Gasteiger partial charge in [-0.05, 0) is 33.6 Å². The number of nitrogens with zero attached hydrogens (tertiary/aromatic N) is 2.